The van der Waals surface area contributed by atoms with E-state index in [4.69, 9.17) is 9.47 Å². The molecular weight excluding hydrogens is 554 g/mol. The van der Waals surface area contributed by atoms with Gasteiger partial charge in [-0.05, 0) is 56.6 Å². The van der Waals surface area contributed by atoms with Crippen molar-refractivity contribution in [3.8, 4) is 0 Å². The molecule has 13 heteroatoms. The number of hydrogen-bond acceptors (Lipinski definition) is 11. The van der Waals surface area contributed by atoms with Crippen molar-refractivity contribution in [2.24, 2.45) is 28.6 Å². The maximum absolute atomic E-state index is 17.3. The van der Waals surface area contributed by atoms with Crippen LogP contribution in [0.15, 0.2) is 23.8 Å². The molecule has 0 radical (unpaired) electrons. The Morgan fingerprint density at radius 1 is 1.15 bits per heavy atom. The smallest absolute Gasteiger partial charge is 0.547 e. The van der Waals surface area contributed by atoms with Gasteiger partial charge in [0.05, 0.1) is 12.1 Å². The predicted molar refractivity (Wildman–Crippen MR) is 130 cm³/mol. The number of rotatable bonds is 5. The summed E-state index contributed by atoms with van der Waals surface area (Å²) in [6.45, 7) is 4.11. The summed E-state index contributed by atoms with van der Waals surface area (Å²) >= 11 is 0. The van der Waals surface area contributed by atoms with Gasteiger partial charge < -0.3 is 44.9 Å². The van der Waals surface area contributed by atoms with Crippen molar-refractivity contribution in [1.82, 2.24) is 0 Å². The summed E-state index contributed by atoms with van der Waals surface area (Å²) in [4.78, 5) is 36.9. The number of Topliss-reactive ketones (excluding diaryl/α,β-unsaturated/α-hetero) is 1. The predicted octanol–water partition coefficient (Wildman–Crippen LogP) is -4.52. The minimum atomic E-state index is -2.14. The van der Waals surface area contributed by atoms with E-state index in [1.807, 2.05) is 0 Å². The molecule has 4 fully saturated rings. The Morgan fingerprint density at radius 3 is 2.44 bits per heavy atom. The number of carboxylic acid groups (broad SMARTS) is 1. The topological polar surface area (TPSA) is 194 Å². The van der Waals surface area contributed by atoms with Crippen molar-refractivity contribution in [2.75, 3.05) is 6.61 Å². The first-order valence-corrected chi connectivity index (χ1v) is 13.6. The van der Waals surface area contributed by atoms with Crippen molar-refractivity contribution >= 4 is 17.5 Å². The van der Waals surface area contributed by atoms with Crippen LogP contribution in [0, 0.1) is 28.6 Å². The summed E-state index contributed by atoms with van der Waals surface area (Å²) in [6, 6.07) is 0. The van der Waals surface area contributed by atoms with Crippen molar-refractivity contribution < 1.29 is 88.4 Å². The Kier molecular flexibility index (Phi) is 8.68. The minimum Gasteiger partial charge on any atom is -0.547 e. The van der Waals surface area contributed by atoms with E-state index in [-0.39, 0.29) is 48.2 Å². The number of carboxylic acids is 1. The number of halogens is 1. The van der Waals surface area contributed by atoms with Gasteiger partial charge >= 0.3 is 29.6 Å². The van der Waals surface area contributed by atoms with Gasteiger partial charge in [-0.15, -0.1) is 0 Å². The zero-order chi connectivity index (χ0) is 29.6. The zero-order valence-electron chi connectivity index (χ0n) is 23.5. The molecule has 0 bridgehead atoms. The number of aliphatic carboxylic acids is 1. The van der Waals surface area contributed by atoms with E-state index in [9.17, 15) is 45.0 Å². The van der Waals surface area contributed by atoms with Crippen LogP contribution in [0.2, 0.25) is 0 Å². The van der Waals surface area contributed by atoms with Crippen LogP contribution >= 0.6 is 0 Å². The molecule has 5 N–H and O–H groups in total. The molecule has 5 unspecified atom stereocenters. The van der Waals surface area contributed by atoms with Gasteiger partial charge in [-0.3, -0.25) is 9.59 Å². The van der Waals surface area contributed by atoms with E-state index in [1.54, 1.807) is 20.8 Å². The van der Waals surface area contributed by atoms with E-state index in [0.29, 0.717) is 18.4 Å². The Hall–Kier alpha value is -1.06. The van der Waals surface area contributed by atoms with Crippen LogP contribution in [0.5, 0.6) is 0 Å². The number of allylic oxidation sites excluding steroid dienone is 4. The van der Waals surface area contributed by atoms with Gasteiger partial charge in [0.2, 0.25) is 0 Å². The molecule has 1 aliphatic heterocycles. The Bertz CT molecular complexity index is 1180. The number of aliphatic hydroxyl groups is 5. The molecule has 0 aromatic heterocycles. The summed E-state index contributed by atoms with van der Waals surface area (Å²) < 4.78 is 27.6. The molecule has 3 saturated carbocycles. The standard InChI is InChI=1S/C28H37FO11.Na/c1-12-8-16-15-5-4-13-9-14(30)6-7-25(13,2)27(15,29)17(31)10-26(16,3)28(12,38)18(32)11-39-24-21(35)19(33)20(34)22(40-24)23(36)37;/h6-7,9,12,15-17,19-22,24,31,33-35,38H,4-5,8,10-11H2,1-3H3,(H,36,37);/q;+1/p-1/t12-,15-,16-,17-,19?,20?,21?,22?,24?,25-,26-,27-,28-;/m0./s1. The number of ketones is 2. The minimum absolute atomic E-state index is 0. The maximum atomic E-state index is 17.3. The van der Waals surface area contributed by atoms with Gasteiger partial charge in [0, 0.05) is 16.7 Å². The monoisotopic (exact) mass is 590 g/mol. The van der Waals surface area contributed by atoms with Crippen LogP contribution in [-0.4, -0.2) is 97.8 Å². The van der Waals surface area contributed by atoms with E-state index in [2.05, 4.69) is 0 Å². The van der Waals surface area contributed by atoms with Gasteiger partial charge in [-0.2, -0.15) is 0 Å². The van der Waals surface area contributed by atoms with Crippen molar-refractivity contribution in [2.45, 2.75) is 94.5 Å². The molecule has 0 aromatic carbocycles. The molecule has 0 aromatic rings. The van der Waals surface area contributed by atoms with Gasteiger partial charge in [0.1, 0.15) is 36.6 Å². The fourth-order valence-electron chi connectivity index (χ4n) is 8.59. The molecule has 4 aliphatic carbocycles. The fourth-order valence-corrected chi connectivity index (χ4v) is 8.59. The summed E-state index contributed by atoms with van der Waals surface area (Å²) in [6.07, 6.45) is -6.26. The van der Waals surface area contributed by atoms with E-state index >= 15 is 4.39 Å². The number of carbonyl (C=O) groups excluding carboxylic acids is 3. The molecule has 5 rings (SSSR count). The zero-order valence-corrected chi connectivity index (χ0v) is 25.5. The number of alkyl halides is 1. The second-order valence-corrected chi connectivity index (χ2v) is 12.6. The average molecular weight is 591 g/mol. The van der Waals surface area contributed by atoms with Crippen LogP contribution in [0.1, 0.15) is 46.5 Å². The third kappa shape index (κ3) is 4.40. The SMILES string of the molecule is C[C@H]1C[C@H]2[C@@H]3CCC4=CC(=O)C=C[C@]4(C)[C@@]3(F)[C@@H](O)C[C@]2(C)[C@@]1(O)C(=O)COC1OC(C(=O)[O-])C(O)C(O)C1O.[Na+]. The van der Waals surface area contributed by atoms with Crippen molar-refractivity contribution in [3.05, 3.63) is 23.8 Å². The summed E-state index contributed by atoms with van der Waals surface area (Å²) in [5.74, 6) is -4.85. The molecule has 0 amide bonds. The van der Waals surface area contributed by atoms with Crippen LogP contribution in [0.4, 0.5) is 4.39 Å². The molecule has 11 nitrogen and oxygen atoms in total. The van der Waals surface area contributed by atoms with Crippen LogP contribution in [0.3, 0.4) is 0 Å². The first kappa shape index (κ1) is 32.8. The number of ether oxygens (including phenoxy) is 2. The first-order valence-electron chi connectivity index (χ1n) is 13.6. The molecule has 0 spiro atoms. The Labute approximate surface area is 258 Å². The molecule has 1 saturated heterocycles. The first-order chi connectivity index (χ1) is 18.5. The number of carbonyl (C=O) groups is 3. The normalized spacial score (nSPS) is 50.6. The molecule has 222 valence electrons. The van der Waals surface area contributed by atoms with Gasteiger partial charge in [-0.25, -0.2) is 4.39 Å². The van der Waals surface area contributed by atoms with Crippen LogP contribution < -0.4 is 34.7 Å². The summed E-state index contributed by atoms with van der Waals surface area (Å²) in [5.41, 5.74) is -6.11. The van der Waals surface area contributed by atoms with E-state index in [1.165, 1.54) is 18.2 Å². The van der Waals surface area contributed by atoms with E-state index in [0.717, 1.165) is 0 Å². The summed E-state index contributed by atoms with van der Waals surface area (Å²) in [7, 11) is 0. The Balaban J connectivity index is 0.00000387. The van der Waals surface area contributed by atoms with Gasteiger partial charge in [0.15, 0.2) is 23.5 Å². The second-order valence-electron chi connectivity index (χ2n) is 12.6. The summed E-state index contributed by atoms with van der Waals surface area (Å²) in [5, 5.41) is 64.7. The van der Waals surface area contributed by atoms with Gasteiger partial charge in [0.25, 0.3) is 0 Å². The molecule has 41 heavy (non-hydrogen) atoms. The number of hydrogen-bond donors (Lipinski definition) is 5. The maximum Gasteiger partial charge on any atom is 1.00 e. The molecular formula is C28H36FNaO11. The Morgan fingerprint density at radius 2 is 1.80 bits per heavy atom. The second kappa shape index (κ2) is 10.8. The molecule has 1 heterocycles. The third-order valence-electron chi connectivity index (χ3n) is 10.8. The quantitative estimate of drug-likeness (QED) is 0.194. The fraction of sp³-hybridized carbons (Fsp3) is 0.750. The van der Waals surface area contributed by atoms with E-state index < -0.39 is 95.0 Å². The number of fused-ring (bicyclic) bond motifs is 5. The van der Waals surface area contributed by atoms with Crippen molar-refractivity contribution in [3.63, 3.8) is 0 Å². The van der Waals surface area contributed by atoms with Crippen molar-refractivity contribution in [1.29, 1.82) is 0 Å². The van der Waals surface area contributed by atoms with Crippen LogP contribution in [-0.2, 0) is 23.9 Å². The average Bonchev–Trinajstić information content (AvgIpc) is 3.09. The van der Waals surface area contributed by atoms with Gasteiger partial charge in [-0.1, -0.05) is 25.5 Å². The largest absolute Gasteiger partial charge is 1.00 e. The molecule has 5 aliphatic rings. The third-order valence-corrected chi connectivity index (χ3v) is 10.8. The van der Waals surface area contributed by atoms with Crippen LogP contribution in [0.25, 0.3) is 0 Å². The number of aliphatic hydroxyl groups excluding tert-OH is 4. The molecule has 13 atom stereocenters.